The molecule has 0 aliphatic heterocycles. The van der Waals surface area contributed by atoms with Crippen molar-refractivity contribution in [2.75, 3.05) is 0 Å². The van der Waals surface area contributed by atoms with Crippen molar-refractivity contribution in [3.63, 3.8) is 0 Å². The van der Waals surface area contributed by atoms with Gasteiger partial charge in [0, 0.05) is 0 Å². The van der Waals surface area contributed by atoms with E-state index in [1.54, 1.807) is 0 Å². The Morgan fingerprint density at radius 3 is 1.57 bits per heavy atom. The fraction of sp³-hybridized carbons (Fsp3) is 0.667. The maximum absolute atomic E-state index is 5.11. The van der Waals surface area contributed by atoms with Gasteiger partial charge in [0.1, 0.15) is 0 Å². The normalized spacial score (nSPS) is 13.1. The fourth-order valence-electron chi connectivity index (χ4n) is 0. The number of rotatable bonds is 0. The molecule has 0 heterocycles. The molecule has 0 saturated carbocycles. The lowest BCUT2D eigenvalue weighted by molar-refractivity contribution is 0.834. The van der Waals surface area contributed by atoms with Gasteiger partial charge in [-0.15, -0.1) is 0 Å². The SMILES string of the molecule is C1=CC1.CC(C)N. The van der Waals surface area contributed by atoms with Crippen molar-refractivity contribution in [1.82, 2.24) is 0 Å². The van der Waals surface area contributed by atoms with E-state index in [1.807, 2.05) is 13.8 Å². The third kappa shape index (κ3) is 159. The minimum atomic E-state index is 0.333. The average Bonchev–Trinajstić information content (AvgIpc) is 2.02. The summed E-state index contributed by atoms with van der Waals surface area (Å²) in [6.45, 7) is 3.89. The second-order valence-corrected chi connectivity index (χ2v) is 1.95. The van der Waals surface area contributed by atoms with Crippen LogP contribution in [0.4, 0.5) is 0 Å². The van der Waals surface area contributed by atoms with Crippen LogP contribution in [-0.2, 0) is 0 Å². The highest BCUT2D eigenvalue weighted by atomic mass is 14.6. The first kappa shape index (κ1) is 6.70. The zero-order valence-corrected chi connectivity index (χ0v) is 5.02. The average molecular weight is 99.2 g/mol. The van der Waals surface area contributed by atoms with Gasteiger partial charge >= 0.3 is 0 Å². The van der Waals surface area contributed by atoms with Crippen molar-refractivity contribution in [1.29, 1.82) is 0 Å². The summed E-state index contributed by atoms with van der Waals surface area (Å²) in [7, 11) is 0. The smallest absolute Gasteiger partial charge is 0.00179 e. The lowest BCUT2D eigenvalue weighted by Gasteiger charge is -1.81. The molecule has 42 valence electrons. The summed E-state index contributed by atoms with van der Waals surface area (Å²) in [6.07, 6.45) is 5.50. The van der Waals surface area contributed by atoms with Crippen LogP contribution in [0.2, 0.25) is 0 Å². The van der Waals surface area contributed by atoms with Crippen LogP contribution < -0.4 is 5.73 Å². The van der Waals surface area contributed by atoms with E-state index in [1.165, 1.54) is 6.42 Å². The number of allylic oxidation sites excluding steroid dienone is 2. The largest absolute Gasteiger partial charge is 0.328 e. The first-order valence-corrected chi connectivity index (χ1v) is 2.64. The standard InChI is InChI=1S/C3H9N.C3H4/c1-3(2)4;1-2-3-1/h3H,4H2,1-2H3;1-2H,3H2. The molecule has 1 heteroatoms. The van der Waals surface area contributed by atoms with Crippen LogP contribution in [0.1, 0.15) is 20.3 Å². The Balaban J connectivity index is 0.000000105. The van der Waals surface area contributed by atoms with E-state index in [0.29, 0.717) is 6.04 Å². The third-order valence-corrected chi connectivity index (χ3v) is 0.236. The predicted molar refractivity (Wildman–Crippen MR) is 33.1 cm³/mol. The lowest BCUT2D eigenvalue weighted by Crippen LogP contribution is -2.06. The van der Waals surface area contributed by atoms with Gasteiger partial charge < -0.3 is 5.73 Å². The molecule has 0 aromatic rings. The molecule has 0 spiro atoms. The minimum Gasteiger partial charge on any atom is -0.328 e. The van der Waals surface area contributed by atoms with Crippen molar-refractivity contribution in [3.8, 4) is 0 Å². The second kappa shape index (κ2) is 3.88. The Bertz CT molecular complexity index is 48.4. The summed E-state index contributed by atoms with van der Waals surface area (Å²) in [5.41, 5.74) is 5.11. The molecule has 0 unspecified atom stereocenters. The highest BCUT2D eigenvalue weighted by Gasteiger charge is 1.75. The van der Waals surface area contributed by atoms with Gasteiger partial charge in [-0.3, -0.25) is 0 Å². The Morgan fingerprint density at radius 2 is 1.57 bits per heavy atom. The molecule has 0 aromatic heterocycles. The molecule has 1 rings (SSSR count). The molecule has 0 bridgehead atoms. The quantitative estimate of drug-likeness (QED) is 0.455. The van der Waals surface area contributed by atoms with Gasteiger partial charge in [-0.1, -0.05) is 26.0 Å². The summed E-state index contributed by atoms with van der Waals surface area (Å²) in [6, 6.07) is 0.333. The molecule has 0 saturated heterocycles. The summed E-state index contributed by atoms with van der Waals surface area (Å²) >= 11 is 0. The van der Waals surface area contributed by atoms with E-state index in [4.69, 9.17) is 5.73 Å². The van der Waals surface area contributed by atoms with E-state index < -0.39 is 0 Å². The van der Waals surface area contributed by atoms with E-state index in [-0.39, 0.29) is 0 Å². The van der Waals surface area contributed by atoms with Crippen molar-refractivity contribution >= 4 is 0 Å². The summed E-state index contributed by atoms with van der Waals surface area (Å²) in [5.74, 6) is 0. The molecule has 0 atom stereocenters. The molecule has 0 amide bonds. The van der Waals surface area contributed by atoms with Crippen LogP contribution in [0.25, 0.3) is 0 Å². The number of hydrogen-bond donors (Lipinski definition) is 1. The molecule has 2 N–H and O–H groups in total. The van der Waals surface area contributed by atoms with Gasteiger partial charge in [-0.05, 0) is 12.5 Å². The topological polar surface area (TPSA) is 26.0 Å². The van der Waals surface area contributed by atoms with Gasteiger partial charge in [0.2, 0.25) is 0 Å². The van der Waals surface area contributed by atoms with Gasteiger partial charge in [0.05, 0.1) is 0 Å². The van der Waals surface area contributed by atoms with Crippen molar-refractivity contribution < 1.29 is 0 Å². The second-order valence-electron chi connectivity index (χ2n) is 1.95. The van der Waals surface area contributed by atoms with Crippen LogP contribution in [0, 0.1) is 0 Å². The van der Waals surface area contributed by atoms with Crippen LogP contribution in [0.15, 0.2) is 12.2 Å². The predicted octanol–water partition coefficient (Wildman–Crippen LogP) is 1.30. The summed E-state index contributed by atoms with van der Waals surface area (Å²) in [5, 5.41) is 0. The van der Waals surface area contributed by atoms with E-state index in [2.05, 4.69) is 12.2 Å². The maximum Gasteiger partial charge on any atom is -0.00179 e. The van der Waals surface area contributed by atoms with Crippen LogP contribution >= 0.6 is 0 Å². The molecular formula is C6H13N. The van der Waals surface area contributed by atoms with Crippen molar-refractivity contribution in [2.45, 2.75) is 26.3 Å². The fourth-order valence-corrected chi connectivity index (χ4v) is 0. The zero-order chi connectivity index (χ0) is 5.70. The maximum atomic E-state index is 5.11. The van der Waals surface area contributed by atoms with Crippen LogP contribution in [0.3, 0.4) is 0 Å². The van der Waals surface area contributed by atoms with Gasteiger partial charge in [-0.25, -0.2) is 0 Å². The first-order chi connectivity index (χ1) is 3.23. The Kier molecular flexibility index (Phi) is 3.71. The molecule has 0 aromatic carbocycles. The molecule has 0 fully saturated rings. The number of nitrogens with two attached hydrogens (primary N) is 1. The van der Waals surface area contributed by atoms with E-state index in [9.17, 15) is 0 Å². The van der Waals surface area contributed by atoms with Crippen LogP contribution in [0.5, 0.6) is 0 Å². The molecule has 1 aliphatic rings. The van der Waals surface area contributed by atoms with Crippen molar-refractivity contribution in [3.05, 3.63) is 12.2 Å². The van der Waals surface area contributed by atoms with Gasteiger partial charge in [0.25, 0.3) is 0 Å². The van der Waals surface area contributed by atoms with Crippen LogP contribution in [-0.4, -0.2) is 6.04 Å². The Hall–Kier alpha value is -0.300. The Morgan fingerprint density at radius 1 is 1.43 bits per heavy atom. The molecule has 1 nitrogen and oxygen atoms in total. The highest BCUT2D eigenvalue weighted by Crippen LogP contribution is 1.96. The third-order valence-electron chi connectivity index (χ3n) is 0.236. The van der Waals surface area contributed by atoms with E-state index in [0.717, 1.165) is 0 Å². The summed E-state index contributed by atoms with van der Waals surface area (Å²) < 4.78 is 0. The first-order valence-electron chi connectivity index (χ1n) is 2.64. The molecular weight excluding hydrogens is 86.1 g/mol. The molecule has 7 heavy (non-hydrogen) atoms. The highest BCUT2D eigenvalue weighted by molar-refractivity contribution is 5.02. The monoisotopic (exact) mass is 99.1 g/mol. The minimum absolute atomic E-state index is 0.333. The van der Waals surface area contributed by atoms with Crippen molar-refractivity contribution in [2.24, 2.45) is 5.73 Å². The summed E-state index contributed by atoms with van der Waals surface area (Å²) in [4.78, 5) is 0. The number of hydrogen-bond acceptors (Lipinski definition) is 1. The van der Waals surface area contributed by atoms with E-state index >= 15 is 0 Å². The molecule has 1 aliphatic carbocycles. The Labute approximate surface area is 45.2 Å². The molecule has 0 radical (unpaired) electrons. The lowest BCUT2D eigenvalue weighted by atomic mass is 10.5. The van der Waals surface area contributed by atoms with Gasteiger partial charge in [-0.2, -0.15) is 0 Å². The zero-order valence-electron chi connectivity index (χ0n) is 5.02. The van der Waals surface area contributed by atoms with Gasteiger partial charge in [0.15, 0.2) is 0 Å².